The van der Waals surface area contributed by atoms with E-state index >= 15 is 0 Å². The summed E-state index contributed by atoms with van der Waals surface area (Å²) in [5.41, 5.74) is 2.43. The lowest BCUT2D eigenvalue weighted by molar-refractivity contribution is 0.323. The molecule has 0 aliphatic carbocycles. The van der Waals surface area contributed by atoms with Crippen molar-refractivity contribution in [1.29, 1.82) is 0 Å². The second kappa shape index (κ2) is 12.6. The van der Waals surface area contributed by atoms with Crippen molar-refractivity contribution in [1.82, 2.24) is 0 Å². The number of hydrogen-bond acceptors (Lipinski definition) is 2. The molecule has 0 fully saturated rings. The van der Waals surface area contributed by atoms with Gasteiger partial charge < -0.3 is 9.47 Å². The molecule has 0 aliphatic heterocycles. The van der Waals surface area contributed by atoms with Crippen LogP contribution in [0.1, 0.15) is 11.1 Å². The predicted octanol–water partition coefficient (Wildman–Crippen LogP) is 7.88. The van der Waals surface area contributed by atoms with Crippen LogP contribution < -0.4 is 9.47 Å². The molecule has 2 atom stereocenters. The minimum absolute atomic E-state index is 0.288. The van der Waals surface area contributed by atoms with Crippen LogP contribution in [-0.4, -0.2) is 33.5 Å². The van der Waals surface area contributed by atoms with Crippen LogP contribution in [0.5, 0.6) is 11.5 Å². The van der Waals surface area contributed by atoms with Gasteiger partial charge in [0.2, 0.25) is 0 Å². The Balaban J connectivity index is 2.00. The molecule has 2 unspecified atom stereocenters. The molecule has 0 aromatic heterocycles. The first-order chi connectivity index (χ1) is 12.9. The monoisotopic (exact) mass is 752 g/mol. The van der Waals surface area contributed by atoms with Crippen LogP contribution in [0.4, 0.5) is 0 Å². The van der Waals surface area contributed by atoms with E-state index in [9.17, 15) is 0 Å². The SMILES string of the molecule is BrCC(Br)COc1ccc(Cc2ccc(OCC(Br)CBr)c(Br)c2)cc1Br. The summed E-state index contributed by atoms with van der Waals surface area (Å²) in [6.07, 6.45) is 0.836. The minimum atomic E-state index is 0.288. The molecule has 0 radical (unpaired) electrons. The van der Waals surface area contributed by atoms with Gasteiger partial charge in [0, 0.05) is 10.7 Å². The quantitative estimate of drug-likeness (QED) is 0.230. The molecule has 0 saturated carbocycles. The Labute approximate surface area is 210 Å². The van der Waals surface area contributed by atoms with Gasteiger partial charge in [-0.1, -0.05) is 75.9 Å². The van der Waals surface area contributed by atoms with Gasteiger partial charge >= 0.3 is 0 Å². The molecule has 0 heterocycles. The molecule has 148 valence electrons. The topological polar surface area (TPSA) is 18.5 Å². The van der Waals surface area contributed by atoms with E-state index in [0.29, 0.717) is 13.2 Å². The fourth-order valence-corrected chi connectivity index (χ4v) is 3.95. The van der Waals surface area contributed by atoms with Crippen molar-refractivity contribution in [2.24, 2.45) is 0 Å². The van der Waals surface area contributed by atoms with Gasteiger partial charge in [-0.2, -0.15) is 0 Å². The summed E-state index contributed by atoms with van der Waals surface area (Å²) in [6, 6.07) is 12.4. The van der Waals surface area contributed by atoms with E-state index in [1.165, 1.54) is 11.1 Å². The van der Waals surface area contributed by atoms with Crippen molar-refractivity contribution < 1.29 is 9.47 Å². The smallest absolute Gasteiger partial charge is 0.133 e. The van der Waals surface area contributed by atoms with E-state index in [2.05, 4.69) is 120 Å². The Morgan fingerprint density at radius 1 is 0.704 bits per heavy atom. The third-order valence-corrected chi connectivity index (χ3v) is 9.29. The fourth-order valence-electron chi connectivity index (χ4n) is 2.23. The maximum absolute atomic E-state index is 5.83. The highest BCUT2D eigenvalue weighted by atomic mass is 79.9. The largest absolute Gasteiger partial charge is 0.491 e. The van der Waals surface area contributed by atoms with Gasteiger partial charge in [-0.25, -0.2) is 0 Å². The Morgan fingerprint density at radius 3 is 1.44 bits per heavy atom. The Kier molecular flexibility index (Phi) is 11.3. The second-order valence-corrected chi connectivity index (χ2v) is 11.4. The highest BCUT2D eigenvalue weighted by Gasteiger charge is 2.09. The predicted molar refractivity (Wildman–Crippen MR) is 135 cm³/mol. The van der Waals surface area contributed by atoms with Gasteiger partial charge in [-0.15, -0.1) is 0 Å². The fraction of sp³-hybridized carbons (Fsp3) is 0.368. The first kappa shape index (κ1) is 24.2. The van der Waals surface area contributed by atoms with E-state index in [1.54, 1.807) is 0 Å². The van der Waals surface area contributed by atoms with Crippen LogP contribution in [0.15, 0.2) is 45.3 Å². The van der Waals surface area contributed by atoms with Crippen molar-refractivity contribution in [3.05, 3.63) is 56.5 Å². The number of alkyl halides is 4. The molecule has 0 saturated heterocycles. The summed E-state index contributed by atoms with van der Waals surface area (Å²) in [7, 11) is 0. The summed E-state index contributed by atoms with van der Waals surface area (Å²) in [6.45, 7) is 1.23. The molecule has 2 rings (SSSR count). The van der Waals surface area contributed by atoms with Crippen LogP contribution >= 0.6 is 95.6 Å². The zero-order valence-electron chi connectivity index (χ0n) is 14.2. The molecule has 0 bridgehead atoms. The first-order valence-electron chi connectivity index (χ1n) is 8.15. The highest BCUT2D eigenvalue weighted by molar-refractivity contribution is 9.12. The second-order valence-electron chi connectivity index (χ2n) is 5.83. The Hall–Kier alpha value is 0.920. The van der Waals surface area contributed by atoms with Crippen molar-refractivity contribution in [2.45, 2.75) is 16.1 Å². The van der Waals surface area contributed by atoms with E-state index in [0.717, 1.165) is 37.5 Å². The van der Waals surface area contributed by atoms with Crippen molar-refractivity contribution in [3.8, 4) is 11.5 Å². The molecule has 0 aliphatic rings. The zero-order chi connectivity index (χ0) is 19.8. The van der Waals surface area contributed by atoms with Crippen molar-refractivity contribution >= 4 is 95.6 Å². The molecule has 2 aromatic carbocycles. The van der Waals surface area contributed by atoms with Crippen LogP contribution in [0, 0.1) is 0 Å². The molecule has 0 N–H and O–H groups in total. The lowest BCUT2D eigenvalue weighted by Gasteiger charge is -2.13. The van der Waals surface area contributed by atoms with Gasteiger partial charge in [-0.3, -0.25) is 0 Å². The molecular formula is C19H18Br6O2. The number of benzene rings is 2. The van der Waals surface area contributed by atoms with Crippen LogP contribution in [0.2, 0.25) is 0 Å². The number of rotatable bonds is 10. The summed E-state index contributed by atoms with van der Waals surface area (Å²) < 4.78 is 13.6. The van der Waals surface area contributed by atoms with Crippen LogP contribution in [0.3, 0.4) is 0 Å². The average molecular weight is 758 g/mol. The van der Waals surface area contributed by atoms with Gasteiger partial charge in [0.15, 0.2) is 0 Å². The van der Waals surface area contributed by atoms with Gasteiger partial charge in [-0.05, 0) is 73.7 Å². The average Bonchev–Trinajstić information content (AvgIpc) is 2.66. The zero-order valence-corrected chi connectivity index (χ0v) is 23.8. The summed E-state index contributed by atoms with van der Waals surface area (Å²) in [5.74, 6) is 1.70. The van der Waals surface area contributed by atoms with E-state index in [1.807, 2.05) is 12.1 Å². The maximum atomic E-state index is 5.83. The summed E-state index contributed by atoms with van der Waals surface area (Å²) >= 11 is 21.2. The van der Waals surface area contributed by atoms with Crippen molar-refractivity contribution in [3.63, 3.8) is 0 Å². The molecule has 8 heteroatoms. The Morgan fingerprint density at radius 2 is 1.11 bits per heavy atom. The molecular weight excluding hydrogens is 740 g/mol. The lowest BCUT2D eigenvalue weighted by Crippen LogP contribution is -2.12. The van der Waals surface area contributed by atoms with Crippen LogP contribution in [-0.2, 0) is 6.42 Å². The van der Waals surface area contributed by atoms with E-state index in [4.69, 9.17) is 9.47 Å². The Bertz CT molecular complexity index is 679. The van der Waals surface area contributed by atoms with Crippen molar-refractivity contribution in [2.75, 3.05) is 23.9 Å². The first-order valence-corrected chi connectivity index (χ1v) is 13.8. The lowest BCUT2D eigenvalue weighted by atomic mass is 10.0. The van der Waals surface area contributed by atoms with E-state index in [-0.39, 0.29) is 9.65 Å². The summed E-state index contributed by atoms with van der Waals surface area (Å²) in [4.78, 5) is 0.577. The van der Waals surface area contributed by atoms with Gasteiger partial charge in [0.25, 0.3) is 0 Å². The molecule has 0 spiro atoms. The molecule has 2 aromatic rings. The standard InChI is InChI=1S/C19H18Br6O2/c20-8-14(22)10-26-18-3-1-12(6-16(18)24)5-13-2-4-19(17(25)7-13)27-11-15(23)9-21/h1-4,6-7,14-15H,5,8-11H2. The van der Waals surface area contributed by atoms with Crippen LogP contribution in [0.25, 0.3) is 0 Å². The third kappa shape index (κ3) is 8.28. The highest BCUT2D eigenvalue weighted by Crippen LogP contribution is 2.30. The maximum Gasteiger partial charge on any atom is 0.133 e. The third-order valence-electron chi connectivity index (χ3n) is 3.58. The minimum Gasteiger partial charge on any atom is -0.491 e. The molecule has 27 heavy (non-hydrogen) atoms. The number of halogens is 6. The summed E-state index contributed by atoms with van der Waals surface area (Å²) in [5, 5.41) is 1.70. The molecule has 0 amide bonds. The van der Waals surface area contributed by atoms with Gasteiger partial charge in [0.1, 0.15) is 24.7 Å². The van der Waals surface area contributed by atoms with Gasteiger partial charge in [0.05, 0.1) is 18.6 Å². The number of ether oxygens (including phenoxy) is 2. The van der Waals surface area contributed by atoms with E-state index < -0.39 is 0 Å². The molecule has 2 nitrogen and oxygen atoms in total. The number of hydrogen-bond donors (Lipinski definition) is 0. The normalized spacial score (nSPS) is 13.3.